The number of para-hydroxylation sites is 1. The maximum absolute atomic E-state index is 12.8. The molecule has 4 bridgehead atoms. The van der Waals surface area contributed by atoms with Gasteiger partial charge in [0, 0.05) is 30.7 Å². The summed E-state index contributed by atoms with van der Waals surface area (Å²) in [6.07, 6.45) is 3.68. The summed E-state index contributed by atoms with van der Waals surface area (Å²) in [5, 5.41) is 19.9. The first-order valence-electron chi connectivity index (χ1n) is 14.5. The molecule has 4 aliphatic carbocycles. The molecule has 2 heterocycles. The Morgan fingerprint density at radius 1 is 1.07 bits per heavy atom. The number of sulfone groups is 1. The summed E-state index contributed by atoms with van der Waals surface area (Å²) >= 11 is 0. The van der Waals surface area contributed by atoms with Gasteiger partial charge in [0.05, 0.1) is 17.7 Å². The van der Waals surface area contributed by atoms with Crippen molar-refractivity contribution in [2.24, 2.45) is 23.2 Å². The zero-order chi connectivity index (χ0) is 29.5. The Morgan fingerprint density at radius 3 is 2.48 bits per heavy atom. The van der Waals surface area contributed by atoms with Gasteiger partial charge in [-0.1, -0.05) is 18.2 Å². The van der Waals surface area contributed by atoms with E-state index in [-0.39, 0.29) is 41.2 Å². The Bertz CT molecular complexity index is 1430. The number of anilines is 2. The number of nitriles is 1. The number of ether oxygens (including phenoxy) is 1. The van der Waals surface area contributed by atoms with Crippen molar-refractivity contribution < 1.29 is 26.3 Å². The molecule has 3 unspecified atom stereocenters. The van der Waals surface area contributed by atoms with E-state index in [4.69, 9.17) is 0 Å². The topological polar surface area (TPSA) is 129 Å². The van der Waals surface area contributed by atoms with Crippen molar-refractivity contribution in [1.82, 2.24) is 15.3 Å². The molecule has 1 aromatic heterocycles. The molecule has 5 fully saturated rings. The SMILES string of the molecule is N#Cc1cnc(NCc2ccccc2OC(F)(F)F)nc1NCC12CC3C[C@H](C1)C(NC1CCS(=O)(=O)CC1)[C@@H](C3)C2. The summed E-state index contributed by atoms with van der Waals surface area (Å²) in [4.78, 5) is 8.69. The standard InChI is InChI=1S/C29H35F3N6O3S/c30-29(31,32)41-24-4-2-1-3-19(24)15-34-27-35-16-22(14-33)26(38-27)36-17-28-11-18-9-20(12-28)25(21(10-18)13-28)37-23-5-7-42(39,40)8-6-23/h1-4,16,18,20-21,23,25,37H,5-13,15,17H2,(H2,34,35,36,38)/t18?,20-,21+,25?,28?. The molecule has 7 rings (SSSR count). The molecule has 4 saturated carbocycles. The van der Waals surface area contributed by atoms with Crippen LogP contribution in [0.1, 0.15) is 56.1 Å². The zero-order valence-electron chi connectivity index (χ0n) is 23.2. The normalized spacial score (nSPS) is 30.0. The largest absolute Gasteiger partial charge is 0.573 e. The lowest BCUT2D eigenvalue weighted by Gasteiger charge is -2.61. The lowest BCUT2D eigenvalue weighted by Crippen LogP contribution is -2.61. The monoisotopic (exact) mass is 604 g/mol. The Hall–Kier alpha value is -3.11. The molecule has 42 heavy (non-hydrogen) atoms. The summed E-state index contributed by atoms with van der Waals surface area (Å²) in [7, 11) is -2.89. The van der Waals surface area contributed by atoms with Crippen LogP contribution in [0.15, 0.2) is 30.5 Å². The highest BCUT2D eigenvalue weighted by molar-refractivity contribution is 7.91. The summed E-state index contributed by atoms with van der Waals surface area (Å²) in [5.41, 5.74) is 0.700. The van der Waals surface area contributed by atoms with E-state index in [1.807, 2.05) is 0 Å². The molecule has 1 aliphatic heterocycles. The van der Waals surface area contributed by atoms with Crippen LogP contribution in [0.5, 0.6) is 5.75 Å². The highest BCUT2D eigenvalue weighted by Crippen LogP contribution is 2.60. The fourth-order valence-electron chi connectivity index (χ4n) is 8.01. The molecule has 0 spiro atoms. The molecule has 5 aliphatic rings. The van der Waals surface area contributed by atoms with Gasteiger partial charge in [-0.05, 0) is 74.2 Å². The number of hydrogen-bond acceptors (Lipinski definition) is 9. The minimum atomic E-state index is -4.80. The average molecular weight is 605 g/mol. The first-order chi connectivity index (χ1) is 20.0. The highest BCUT2D eigenvalue weighted by Gasteiger charge is 2.55. The number of rotatable bonds is 9. The van der Waals surface area contributed by atoms with Gasteiger partial charge in [0.25, 0.3) is 0 Å². The van der Waals surface area contributed by atoms with Gasteiger partial charge in [-0.25, -0.2) is 13.4 Å². The minimum absolute atomic E-state index is 0.00782. The van der Waals surface area contributed by atoms with Crippen molar-refractivity contribution >= 4 is 21.6 Å². The maximum Gasteiger partial charge on any atom is 0.573 e. The molecule has 3 N–H and O–H groups in total. The van der Waals surface area contributed by atoms with E-state index in [1.165, 1.54) is 37.2 Å². The molecule has 1 saturated heterocycles. The molecule has 13 heteroatoms. The Labute approximate surface area is 243 Å². The molecular weight excluding hydrogens is 569 g/mol. The van der Waals surface area contributed by atoms with Crippen LogP contribution < -0.4 is 20.7 Å². The smallest absolute Gasteiger partial charge is 0.405 e. The molecule has 0 radical (unpaired) electrons. The molecule has 2 aromatic rings. The third-order valence-corrected chi connectivity index (χ3v) is 11.3. The molecule has 9 nitrogen and oxygen atoms in total. The van der Waals surface area contributed by atoms with Crippen molar-refractivity contribution in [1.29, 1.82) is 5.26 Å². The maximum atomic E-state index is 12.8. The van der Waals surface area contributed by atoms with Gasteiger partial charge in [-0.2, -0.15) is 10.2 Å². The predicted molar refractivity (Wildman–Crippen MR) is 150 cm³/mol. The number of alkyl halides is 3. The van der Waals surface area contributed by atoms with Crippen LogP contribution >= 0.6 is 0 Å². The van der Waals surface area contributed by atoms with Crippen LogP contribution in [-0.4, -0.2) is 54.9 Å². The van der Waals surface area contributed by atoms with Crippen molar-refractivity contribution in [2.45, 2.75) is 69.9 Å². The van der Waals surface area contributed by atoms with Crippen LogP contribution in [0.3, 0.4) is 0 Å². The molecular formula is C29H35F3N6O3S. The van der Waals surface area contributed by atoms with Crippen LogP contribution in [0.2, 0.25) is 0 Å². The number of halogens is 3. The van der Waals surface area contributed by atoms with E-state index < -0.39 is 16.2 Å². The van der Waals surface area contributed by atoms with Crippen molar-refractivity contribution in [3.63, 3.8) is 0 Å². The minimum Gasteiger partial charge on any atom is -0.405 e. The fourth-order valence-corrected chi connectivity index (χ4v) is 9.50. The lowest BCUT2D eigenvalue weighted by atomic mass is 9.48. The third kappa shape index (κ3) is 6.44. The Balaban J connectivity index is 1.10. The summed E-state index contributed by atoms with van der Waals surface area (Å²) in [6.45, 7) is 0.687. The second-order valence-corrected chi connectivity index (χ2v) is 14.8. The number of hydrogen-bond donors (Lipinski definition) is 3. The van der Waals surface area contributed by atoms with Crippen LogP contribution in [0.25, 0.3) is 0 Å². The Kier molecular flexibility index (Phi) is 7.72. The van der Waals surface area contributed by atoms with Gasteiger partial charge in [0.15, 0.2) is 0 Å². The van der Waals surface area contributed by atoms with E-state index in [0.717, 1.165) is 19.3 Å². The summed E-state index contributed by atoms with van der Waals surface area (Å²) in [6, 6.07) is 8.70. The van der Waals surface area contributed by atoms with E-state index in [9.17, 15) is 26.9 Å². The van der Waals surface area contributed by atoms with Gasteiger partial charge < -0.3 is 20.7 Å². The lowest BCUT2D eigenvalue weighted by molar-refractivity contribution is -0.274. The van der Waals surface area contributed by atoms with E-state index in [2.05, 4.69) is 36.7 Å². The fraction of sp³-hybridized carbons (Fsp3) is 0.621. The first kappa shape index (κ1) is 29.0. The summed E-state index contributed by atoms with van der Waals surface area (Å²) < 4.78 is 66.3. The molecule has 0 amide bonds. The number of nitrogens with one attached hydrogen (secondary N) is 3. The van der Waals surface area contributed by atoms with Crippen LogP contribution in [-0.2, 0) is 16.4 Å². The van der Waals surface area contributed by atoms with E-state index in [0.29, 0.717) is 60.1 Å². The van der Waals surface area contributed by atoms with E-state index in [1.54, 1.807) is 6.07 Å². The quantitative estimate of drug-likeness (QED) is 0.375. The van der Waals surface area contributed by atoms with Crippen molar-refractivity contribution in [3.8, 4) is 11.8 Å². The van der Waals surface area contributed by atoms with Gasteiger partial charge >= 0.3 is 6.36 Å². The van der Waals surface area contributed by atoms with Gasteiger partial charge in [-0.15, -0.1) is 13.2 Å². The van der Waals surface area contributed by atoms with Crippen LogP contribution in [0.4, 0.5) is 24.9 Å². The molecule has 1 aromatic carbocycles. The van der Waals surface area contributed by atoms with Gasteiger partial charge in [-0.3, -0.25) is 0 Å². The van der Waals surface area contributed by atoms with E-state index >= 15 is 0 Å². The second-order valence-electron chi connectivity index (χ2n) is 12.5. The molecule has 5 atom stereocenters. The second kappa shape index (κ2) is 11.2. The third-order valence-electron chi connectivity index (χ3n) is 9.56. The predicted octanol–water partition coefficient (Wildman–Crippen LogP) is 4.63. The zero-order valence-corrected chi connectivity index (χ0v) is 24.0. The summed E-state index contributed by atoms with van der Waals surface area (Å²) in [5.74, 6) is 2.62. The van der Waals surface area contributed by atoms with Gasteiger partial charge in [0.1, 0.15) is 33.0 Å². The Morgan fingerprint density at radius 2 is 1.79 bits per heavy atom. The molecule has 226 valence electrons. The highest BCUT2D eigenvalue weighted by atomic mass is 32.2. The number of benzene rings is 1. The van der Waals surface area contributed by atoms with Gasteiger partial charge in [0.2, 0.25) is 5.95 Å². The number of aromatic nitrogens is 2. The van der Waals surface area contributed by atoms with Crippen LogP contribution in [0, 0.1) is 34.5 Å². The average Bonchev–Trinajstić information content (AvgIpc) is 2.93. The van der Waals surface area contributed by atoms with Crippen molar-refractivity contribution in [3.05, 3.63) is 41.6 Å². The number of nitrogens with zero attached hydrogens (tertiary/aromatic N) is 3. The first-order valence-corrected chi connectivity index (χ1v) is 16.4. The van der Waals surface area contributed by atoms with Crippen molar-refractivity contribution in [2.75, 3.05) is 28.7 Å².